The third-order valence-corrected chi connectivity index (χ3v) is 4.73. The first-order valence-corrected chi connectivity index (χ1v) is 7.14. The van der Waals surface area contributed by atoms with E-state index in [1.807, 2.05) is 6.20 Å². The van der Waals surface area contributed by atoms with Crippen LogP contribution in [0.4, 0.5) is 0 Å². The van der Waals surface area contributed by atoms with Crippen molar-refractivity contribution in [3.63, 3.8) is 0 Å². The first kappa shape index (κ1) is 11.7. The third-order valence-electron chi connectivity index (χ3n) is 3.21. The van der Waals surface area contributed by atoms with E-state index in [4.69, 9.17) is 21.1 Å². The minimum absolute atomic E-state index is 0.337. The highest BCUT2D eigenvalue weighted by Gasteiger charge is 2.37. The molecule has 1 saturated heterocycles. The second-order valence-electron chi connectivity index (χ2n) is 4.31. The third kappa shape index (κ3) is 2.27. The average Bonchev–Trinajstić information content (AvgIpc) is 3.00. The molecule has 0 amide bonds. The van der Waals surface area contributed by atoms with Gasteiger partial charge in [0.25, 0.3) is 0 Å². The fourth-order valence-electron chi connectivity index (χ4n) is 2.28. The van der Waals surface area contributed by atoms with Gasteiger partial charge in [-0.05, 0) is 12.0 Å². The Balaban J connectivity index is 1.75. The van der Waals surface area contributed by atoms with E-state index in [-0.39, 0.29) is 5.79 Å². The number of aromatic nitrogens is 1. The summed E-state index contributed by atoms with van der Waals surface area (Å²) in [5.74, 6) is 0.206. The molecule has 92 valence electrons. The molecule has 2 aliphatic rings. The second kappa shape index (κ2) is 4.69. The van der Waals surface area contributed by atoms with E-state index >= 15 is 0 Å². The zero-order chi connectivity index (χ0) is 11.7. The van der Waals surface area contributed by atoms with E-state index in [9.17, 15) is 0 Å². The smallest absolute Gasteiger partial charge is 0.172 e. The van der Waals surface area contributed by atoms with E-state index in [0.29, 0.717) is 5.88 Å². The lowest BCUT2D eigenvalue weighted by atomic mass is 9.94. The van der Waals surface area contributed by atoms with Crippen LogP contribution in [0.25, 0.3) is 5.57 Å². The molecule has 1 fully saturated rings. The maximum atomic E-state index is 5.79. The van der Waals surface area contributed by atoms with E-state index in [1.165, 1.54) is 5.57 Å². The molecule has 1 aromatic rings. The normalized spacial score (nSPS) is 23.0. The number of ether oxygens (including phenoxy) is 2. The molecular weight excluding hydrogens is 258 g/mol. The van der Waals surface area contributed by atoms with Gasteiger partial charge < -0.3 is 9.47 Å². The van der Waals surface area contributed by atoms with Gasteiger partial charge in [-0.2, -0.15) is 0 Å². The number of hydrogen-bond acceptors (Lipinski definition) is 4. The molecule has 1 aromatic heterocycles. The molecule has 0 aromatic carbocycles. The first-order chi connectivity index (χ1) is 8.31. The number of hydrogen-bond donors (Lipinski definition) is 0. The zero-order valence-electron chi connectivity index (χ0n) is 9.45. The van der Waals surface area contributed by atoms with Gasteiger partial charge in [0.2, 0.25) is 0 Å². The van der Waals surface area contributed by atoms with Gasteiger partial charge >= 0.3 is 0 Å². The molecule has 0 unspecified atom stereocenters. The van der Waals surface area contributed by atoms with Gasteiger partial charge in [0.1, 0.15) is 5.01 Å². The lowest BCUT2D eigenvalue weighted by Crippen LogP contribution is -2.31. The number of nitrogens with zero attached hydrogens (tertiary/aromatic N) is 1. The Labute approximate surface area is 109 Å². The molecule has 3 nitrogen and oxygen atoms in total. The molecular formula is C12H14ClNO2S. The monoisotopic (exact) mass is 271 g/mol. The van der Waals surface area contributed by atoms with E-state index < -0.39 is 0 Å². The molecule has 0 saturated carbocycles. The van der Waals surface area contributed by atoms with Gasteiger partial charge in [-0.3, -0.25) is 0 Å². The maximum Gasteiger partial charge on any atom is 0.172 e. The molecule has 0 atom stereocenters. The standard InChI is InChI=1S/C12H14ClNO2S/c13-7-10-8-14-11(17-10)9-1-3-12(4-2-9)15-5-6-16-12/h1,8H,2-7H2. The summed E-state index contributed by atoms with van der Waals surface area (Å²) in [4.78, 5) is 5.53. The Kier molecular flexibility index (Phi) is 3.21. The second-order valence-corrected chi connectivity index (χ2v) is 5.69. The van der Waals surface area contributed by atoms with Gasteiger partial charge in [0.05, 0.1) is 19.1 Å². The van der Waals surface area contributed by atoms with Crippen LogP contribution in [-0.4, -0.2) is 24.0 Å². The van der Waals surface area contributed by atoms with Crippen LogP contribution in [0.15, 0.2) is 12.3 Å². The molecule has 0 bridgehead atoms. The zero-order valence-corrected chi connectivity index (χ0v) is 11.0. The fraction of sp³-hybridized carbons (Fsp3) is 0.583. The van der Waals surface area contributed by atoms with Gasteiger partial charge in [-0.1, -0.05) is 6.08 Å². The summed E-state index contributed by atoms with van der Waals surface area (Å²) in [6.07, 6.45) is 6.79. The summed E-state index contributed by atoms with van der Waals surface area (Å²) >= 11 is 7.47. The first-order valence-electron chi connectivity index (χ1n) is 5.79. The van der Waals surface area contributed by atoms with Crippen LogP contribution in [0.3, 0.4) is 0 Å². The van der Waals surface area contributed by atoms with Crippen molar-refractivity contribution in [2.45, 2.75) is 30.9 Å². The highest BCUT2D eigenvalue weighted by Crippen LogP contribution is 2.39. The van der Waals surface area contributed by atoms with Crippen molar-refractivity contribution in [2.24, 2.45) is 0 Å². The van der Waals surface area contributed by atoms with Crippen LogP contribution < -0.4 is 0 Å². The van der Waals surface area contributed by atoms with E-state index in [1.54, 1.807) is 11.3 Å². The van der Waals surface area contributed by atoms with Crippen molar-refractivity contribution >= 4 is 28.5 Å². The molecule has 1 spiro atoms. The van der Waals surface area contributed by atoms with Gasteiger partial charge in [-0.25, -0.2) is 4.98 Å². The quantitative estimate of drug-likeness (QED) is 0.774. The highest BCUT2D eigenvalue weighted by atomic mass is 35.5. The minimum atomic E-state index is -0.337. The number of allylic oxidation sites excluding steroid dienone is 1. The maximum absolute atomic E-state index is 5.79. The summed E-state index contributed by atoms with van der Waals surface area (Å²) in [6.45, 7) is 1.44. The summed E-state index contributed by atoms with van der Waals surface area (Å²) in [5, 5.41) is 1.09. The van der Waals surface area contributed by atoms with Crippen LogP contribution in [0.1, 0.15) is 29.1 Å². The summed E-state index contributed by atoms with van der Waals surface area (Å²) in [6, 6.07) is 0. The van der Waals surface area contributed by atoms with Gasteiger partial charge in [-0.15, -0.1) is 22.9 Å². The number of rotatable bonds is 2. The van der Waals surface area contributed by atoms with Crippen molar-refractivity contribution < 1.29 is 9.47 Å². The van der Waals surface area contributed by atoms with Gasteiger partial charge in [0.15, 0.2) is 5.79 Å². The fourth-order valence-corrected chi connectivity index (χ4v) is 3.34. The SMILES string of the molecule is ClCc1cnc(C2=CCC3(CC2)OCCO3)s1. The average molecular weight is 272 g/mol. The number of alkyl halides is 1. The molecule has 5 heteroatoms. The van der Waals surface area contributed by atoms with Crippen LogP contribution in [0.5, 0.6) is 0 Å². The Morgan fingerprint density at radius 3 is 2.82 bits per heavy atom. The van der Waals surface area contributed by atoms with Crippen molar-refractivity contribution in [3.05, 3.63) is 22.2 Å². The predicted molar refractivity (Wildman–Crippen MR) is 68.1 cm³/mol. The Morgan fingerprint density at radius 2 is 2.24 bits per heavy atom. The predicted octanol–water partition coefficient (Wildman–Crippen LogP) is 3.19. The largest absolute Gasteiger partial charge is 0.347 e. The van der Waals surface area contributed by atoms with Crippen molar-refractivity contribution in [2.75, 3.05) is 13.2 Å². The molecule has 2 heterocycles. The van der Waals surface area contributed by atoms with Crippen LogP contribution in [0.2, 0.25) is 0 Å². The number of thiazole rings is 1. The van der Waals surface area contributed by atoms with Crippen molar-refractivity contribution in [1.29, 1.82) is 0 Å². The summed E-state index contributed by atoms with van der Waals surface area (Å²) in [5.41, 5.74) is 1.30. The minimum Gasteiger partial charge on any atom is -0.347 e. The molecule has 17 heavy (non-hydrogen) atoms. The van der Waals surface area contributed by atoms with Crippen LogP contribution >= 0.6 is 22.9 Å². The van der Waals surface area contributed by atoms with Crippen LogP contribution in [0, 0.1) is 0 Å². The topological polar surface area (TPSA) is 31.4 Å². The van der Waals surface area contributed by atoms with Gasteiger partial charge in [0, 0.05) is 23.9 Å². The van der Waals surface area contributed by atoms with E-state index in [2.05, 4.69) is 11.1 Å². The molecule has 0 N–H and O–H groups in total. The molecule has 0 radical (unpaired) electrons. The molecule has 1 aliphatic heterocycles. The molecule has 3 rings (SSSR count). The Hall–Kier alpha value is -0.420. The van der Waals surface area contributed by atoms with Crippen molar-refractivity contribution in [1.82, 2.24) is 4.98 Å². The van der Waals surface area contributed by atoms with Crippen LogP contribution in [-0.2, 0) is 15.4 Å². The summed E-state index contributed by atoms with van der Waals surface area (Å²) < 4.78 is 11.4. The van der Waals surface area contributed by atoms with Crippen molar-refractivity contribution in [3.8, 4) is 0 Å². The molecule has 1 aliphatic carbocycles. The lowest BCUT2D eigenvalue weighted by molar-refractivity contribution is -0.159. The lowest BCUT2D eigenvalue weighted by Gasteiger charge is -2.30. The highest BCUT2D eigenvalue weighted by molar-refractivity contribution is 7.12. The summed E-state index contributed by atoms with van der Waals surface area (Å²) in [7, 11) is 0. The Morgan fingerprint density at radius 1 is 1.41 bits per heavy atom. The Bertz CT molecular complexity index is 437. The van der Waals surface area contributed by atoms with E-state index in [0.717, 1.165) is 42.4 Å². The number of halogens is 1.